The van der Waals surface area contributed by atoms with E-state index in [0.29, 0.717) is 4.58 Å². The van der Waals surface area contributed by atoms with Gasteiger partial charge in [-0.2, -0.15) is 0 Å². The van der Waals surface area contributed by atoms with Crippen LogP contribution in [0.1, 0.15) is 41.0 Å². The summed E-state index contributed by atoms with van der Waals surface area (Å²) in [7, 11) is 0. The fourth-order valence-corrected chi connectivity index (χ4v) is 5.03. The second kappa shape index (κ2) is 7.64. The van der Waals surface area contributed by atoms with Gasteiger partial charge in [-0.3, -0.25) is 0 Å². The Hall–Kier alpha value is 0.400. The van der Waals surface area contributed by atoms with E-state index in [1.165, 1.54) is 29.2 Å². The molecule has 0 aliphatic carbocycles. The van der Waals surface area contributed by atoms with Gasteiger partial charge in [-0.25, -0.2) is 0 Å². The Bertz CT molecular complexity index is 260. The second-order valence-corrected chi connectivity index (χ2v) is 7.57. The molecule has 0 aliphatic rings. The molecule has 0 spiro atoms. The monoisotopic (exact) mass is 260 g/mol. The molecule has 0 saturated carbocycles. The van der Waals surface area contributed by atoms with E-state index in [-0.39, 0.29) is 0 Å². The summed E-state index contributed by atoms with van der Waals surface area (Å²) in [5.74, 6) is 2.55. The van der Waals surface area contributed by atoms with Crippen molar-refractivity contribution in [3.63, 3.8) is 0 Å². The Morgan fingerprint density at radius 2 is 1.73 bits per heavy atom. The highest BCUT2D eigenvalue weighted by atomic mass is 32.2. The van der Waals surface area contributed by atoms with E-state index in [2.05, 4.69) is 56.4 Å². The largest absolute Gasteiger partial charge is 0.144 e. The molecular weight excluding hydrogens is 240 g/mol. The maximum atomic E-state index is 2.30. The van der Waals surface area contributed by atoms with Gasteiger partial charge in [-0.15, -0.1) is 34.9 Å². The third-order valence-corrected chi connectivity index (χ3v) is 6.52. The molecule has 0 N–H and O–H groups in total. The number of thiophene rings is 1. The van der Waals surface area contributed by atoms with Crippen LogP contribution in [0.2, 0.25) is 0 Å². The Balaban J connectivity index is 2.54. The molecule has 1 aromatic heterocycles. The molecule has 3 heteroatoms. The topological polar surface area (TPSA) is 0 Å². The summed E-state index contributed by atoms with van der Waals surface area (Å²) in [6.07, 6.45) is 2.55. The first-order valence-corrected chi connectivity index (χ1v) is 8.48. The van der Waals surface area contributed by atoms with Crippen LogP contribution >= 0.6 is 34.9 Å². The minimum Gasteiger partial charge on any atom is -0.144 e. The fourth-order valence-electron chi connectivity index (χ4n) is 1.24. The van der Waals surface area contributed by atoms with Gasteiger partial charge < -0.3 is 0 Å². The van der Waals surface area contributed by atoms with Crippen molar-refractivity contribution in [1.29, 1.82) is 0 Å². The summed E-state index contributed by atoms with van der Waals surface area (Å²) in [5.41, 5.74) is 0. The van der Waals surface area contributed by atoms with Crippen molar-refractivity contribution in [3.8, 4) is 0 Å². The van der Waals surface area contributed by atoms with Crippen molar-refractivity contribution in [2.45, 2.75) is 38.2 Å². The summed E-state index contributed by atoms with van der Waals surface area (Å²) in [5, 5.41) is 0. The van der Waals surface area contributed by atoms with Crippen molar-refractivity contribution in [2.75, 3.05) is 11.5 Å². The van der Waals surface area contributed by atoms with Crippen LogP contribution < -0.4 is 0 Å². The second-order valence-electron chi connectivity index (χ2n) is 3.52. The van der Waals surface area contributed by atoms with Gasteiger partial charge >= 0.3 is 0 Å². The van der Waals surface area contributed by atoms with Crippen molar-refractivity contribution in [1.82, 2.24) is 0 Å². The number of rotatable bonds is 7. The number of aryl methyl sites for hydroxylation is 1. The standard InChI is InChI=1S/C12H20S3/c1-4-8-13-12(14-9-5-2)11-7-6-10(3)15-11/h6-7,12H,4-5,8-9H2,1-3H3. The number of hydrogen-bond acceptors (Lipinski definition) is 3. The van der Waals surface area contributed by atoms with Crippen LogP contribution in [-0.2, 0) is 0 Å². The molecule has 0 saturated heterocycles. The van der Waals surface area contributed by atoms with Gasteiger partial charge in [0.1, 0.15) is 0 Å². The molecule has 1 heterocycles. The van der Waals surface area contributed by atoms with Crippen molar-refractivity contribution in [3.05, 3.63) is 21.9 Å². The lowest BCUT2D eigenvalue weighted by molar-refractivity contribution is 1.10. The average molecular weight is 260 g/mol. The van der Waals surface area contributed by atoms with Gasteiger partial charge in [-0.05, 0) is 43.4 Å². The third kappa shape index (κ3) is 4.83. The highest BCUT2D eigenvalue weighted by molar-refractivity contribution is 8.16. The quantitative estimate of drug-likeness (QED) is 0.607. The zero-order chi connectivity index (χ0) is 11.1. The van der Waals surface area contributed by atoms with E-state index in [4.69, 9.17) is 0 Å². The molecule has 0 fully saturated rings. The minimum atomic E-state index is 0.670. The molecule has 0 aromatic carbocycles. The van der Waals surface area contributed by atoms with Crippen molar-refractivity contribution in [2.24, 2.45) is 0 Å². The minimum absolute atomic E-state index is 0.670. The van der Waals surface area contributed by atoms with E-state index < -0.39 is 0 Å². The molecule has 1 aromatic rings. The highest BCUT2D eigenvalue weighted by Gasteiger charge is 2.13. The average Bonchev–Trinajstić information content (AvgIpc) is 2.65. The number of hydrogen-bond donors (Lipinski definition) is 0. The maximum Gasteiger partial charge on any atom is 0.0843 e. The first-order valence-electron chi connectivity index (χ1n) is 5.57. The van der Waals surface area contributed by atoms with E-state index in [1.807, 2.05) is 11.3 Å². The first-order chi connectivity index (χ1) is 7.27. The third-order valence-electron chi connectivity index (χ3n) is 1.94. The lowest BCUT2D eigenvalue weighted by atomic mass is 10.5. The zero-order valence-electron chi connectivity index (χ0n) is 9.79. The van der Waals surface area contributed by atoms with Crippen LogP contribution in [-0.4, -0.2) is 11.5 Å². The Morgan fingerprint density at radius 1 is 1.13 bits per heavy atom. The van der Waals surface area contributed by atoms with Crippen molar-refractivity contribution < 1.29 is 0 Å². The van der Waals surface area contributed by atoms with E-state index in [9.17, 15) is 0 Å². The van der Waals surface area contributed by atoms with E-state index >= 15 is 0 Å². The van der Waals surface area contributed by atoms with Gasteiger partial charge in [0.05, 0.1) is 4.58 Å². The van der Waals surface area contributed by atoms with Gasteiger partial charge in [0.2, 0.25) is 0 Å². The van der Waals surface area contributed by atoms with Gasteiger partial charge in [0.25, 0.3) is 0 Å². The summed E-state index contributed by atoms with van der Waals surface area (Å²) in [6.45, 7) is 6.71. The molecule has 0 radical (unpaired) electrons. The molecule has 86 valence electrons. The van der Waals surface area contributed by atoms with Crippen LogP contribution in [0.25, 0.3) is 0 Å². The first kappa shape index (κ1) is 13.5. The van der Waals surface area contributed by atoms with Gasteiger partial charge in [0, 0.05) is 9.75 Å². The van der Waals surface area contributed by atoms with Crippen molar-refractivity contribution >= 4 is 34.9 Å². The molecule has 0 aliphatic heterocycles. The Morgan fingerprint density at radius 3 is 2.13 bits per heavy atom. The zero-order valence-corrected chi connectivity index (χ0v) is 12.2. The lowest BCUT2D eigenvalue weighted by Gasteiger charge is -2.13. The molecule has 0 bridgehead atoms. The van der Waals surface area contributed by atoms with Gasteiger partial charge in [0.15, 0.2) is 0 Å². The SMILES string of the molecule is CCCSC(SCCC)c1ccc(C)s1. The molecule has 0 nitrogen and oxygen atoms in total. The summed E-state index contributed by atoms with van der Waals surface area (Å²) >= 11 is 6.16. The number of thioether (sulfide) groups is 2. The molecule has 0 atom stereocenters. The predicted molar refractivity (Wildman–Crippen MR) is 77.3 cm³/mol. The molecule has 0 unspecified atom stereocenters. The Kier molecular flexibility index (Phi) is 6.86. The fraction of sp³-hybridized carbons (Fsp3) is 0.667. The molecule has 1 rings (SSSR count). The molecule has 0 amide bonds. The van der Waals surface area contributed by atoms with Crippen LogP contribution in [0.5, 0.6) is 0 Å². The maximum absolute atomic E-state index is 2.30. The van der Waals surface area contributed by atoms with E-state index in [1.54, 1.807) is 4.88 Å². The highest BCUT2D eigenvalue weighted by Crippen LogP contribution is 2.42. The summed E-state index contributed by atoms with van der Waals surface area (Å²) < 4.78 is 0.670. The van der Waals surface area contributed by atoms with Crippen LogP contribution in [0, 0.1) is 6.92 Å². The van der Waals surface area contributed by atoms with Gasteiger partial charge in [-0.1, -0.05) is 13.8 Å². The predicted octanol–water partition coefficient (Wildman–Crippen LogP) is 5.34. The van der Waals surface area contributed by atoms with E-state index in [0.717, 1.165) is 0 Å². The molecular formula is C12H20S3. The van der Waals surface area contributed by atoms with Crippen LogP contribution in [0.4, 0.5) is 0 Å². The van der Waals surface area contributed by atoms with Crippen LogP contribution in [0.3, 0.4) is 0 Å². The lowest BCUT2D eigenvalue weighted by Crippen LogP contribution is -1.89. The smallest absolute Gasteiger partial charge is 0.0843 e. The Labute approximate surface area is 106 Å². The summed E-state index contributed by atoms with van der Waals surface area (Å²) in [6, 6.07) is 4.54. The summed E-state index contributed by atoms with van der Waals surface area (Å²) in [4.78, 5) is 2.98. The van der Waals surface area contributed by atoms with Crippen LogP contribution in [0.15, 0.2) is 12.1 Å². The normalized spacial score (nSPS) is 11.2. The molecule has 15 heavy (non-hydrogen) atoms.